The molecule has 1 unspecified atom stereocenters. The summed E-state index contributed by atoms with van der Waals surface area (Å²) in [6, 6.07) is 17.5. The lowest BCUT2D eigenvalue weighted by Gasteiger charge is -2.15. The lowest BCUT2D eigenvalue weighted by Crippen LogP contribution is -2.14. The average molecular weight is 263 g/mol. The fourth-order valence-electron chi connectivity index (χ4n) is 2.33. The quantitative estimate of drug-likeness (QED) is 0.776. The van der Waals surface area contributed by atoms with Gasteiger partial charge in [0.05, 0.1) is 12.0 Å². The molecule has 0 aliphatic heterocycles. The van der Waals surface area contributed by atoms with Gasteiger partial charge in [0.25, 0.3) is 0 Å². The summed E-state index contributed by atoms with van der Waals surface area (Å²) < 4.78 is 0. The molecule has 0 saturated carbocycles. The number of hydrogen-bond donors (Lipinski definition) is 0. The molecule has 0 saturated heterocycles. The molecule has 100 valence electrons. The topological polar surface area (TPSA) is 40.9 Å². The van der Waals surface area contributed by atoms with Gasteiger partial charge in [-0.1, -0.05) is 48.0 Å². The zero-order valence-corrected chi connectivity index (χ0v) is 11.8. The van der Waals surface area contributed by atoms with Crippen molar-refractivity contribution in [3.8, 4) is 6.07 Å². The zero-order chi connectivity index (χ0) is 14.5. The number of hydrogen-bond acceptors (Lipinski definition) is 2. The van der Waals surface area contributed by atoms with Crippen molar-refractivity contribution in [3.05, 3.63) is 70.8 Å². The van der Waals surface area contributed by atoms with Crippen LogP contribution in [-0.4, -0.2) is 5.78 Å². The van der Waals surface area contributed by atoms with E-state index < -0.39 is 0 Å². The molecule has 0 aliphatic carbocycles. The summed E-state index contributed by atoms with van der Waals surface area (Å²) in [5.41, 5.74) is 3.64. The van der Waals surface area contributed by atoms with Crippen LogP contribution >= 0.6 is 0 Å². The van der Waals surface area contributed by atoms with Gasteiger partial charge in [-0.3, -0.25) is 4.79 Å². The number of aryl methyl sites for hydroxylation is 2. The third-order valence-electron chi connectivity index (χ3n) is 3.47. The van der Waals surface area contributed by atoms with Crippen molar-refractivity contribution >= 4 is 5.78 Å². The van der Waals surface area contributed by atoms with E-state index in [-0.39, 0.29) is 18.1 Å². The second kappa shape index (κ2) is 6.16. The fraction of sp³-hybridized carbons (Fsp3) is 0.222. The predicted octanol–water partition coefficient (Wildman–Crippen LogP) is 4.18. The van der Waals surface area contributed by atoms with E-state index in [1.165, 1.54) is 0 Å². The summed E-state index contributed by atoms with van der Waals surface area (Å²) in [4.78, 5) is 12.8. The highest BCUT2D eigenvalue weighted by molar-refractivity contribution is 6.02. The van der Waals surface area contributed by atoms with E-state index in [0.717, 1.165) is 16.7 Å². The van der Waals surface area contributed by atoms with Crippen molar-refractivity contribution in [2.24, 2.45) is 0 Å². The van der Waals surface area contributed by atoms with Crippen molar-refractivity contribution in [3.63, 3.8) is 0 Å². The normalized spacial score (nSPS) is 11.7. The molecule has 1 atom stereocenters. The Hall–Kier alpha value is -2.40. The van der Waals surface area contributed by atoms with Gasteiger partial charge >= 0.3 is 0 Å². The molecule has 0 heterocycles. The van der Waals surface area contributed by atoms with E-state index >= 15 is 0 Å². The first kappa shape index (κ1) is 14.0. The number of Topliss-reactive ketones (excluding diaryl/α,β-unsaturated/α-hetero) is 1. The molecule has 0 fully saturated rings. The molecule has 2 rings (SSSR count). The summed E-state index contributed by atoms with van der Waals surface area (Å²) in [5, 5.41) is 9.02. The van der Waals surface area contributed by atoms with Gasteiger partial charge in [-0.05, 0) is 31.0 Å². The molecular weight excluding hydrogens is 246 g/mol. The molecule has 2 aromatic rings. The minimum absolute atomic E-state index is 0.0268. The first-order valence-corrected chi connectivity index (χ1v) is 6.67. The molecule has 2 heteroatoms. The van der Waals surface area contributed by atoms with Crippen LogP contribution in [0.1, 0.15) is 39.4 Å². The maximum atomic E-state index is 12.8. The van der Waals surface area contributed by atoms with Gasteiger partial charge in [0.1, 0.15) is 0 Å². The van der Waals surface area contributed by atoms with Gasteiger partial charge in [-0.2, -0.15) is 5.26 Å². The Morgan fingerprint density at radius 2 is 1.85 bits per heavy atom. The minimum atomic E-state index is -0.387. The second-order valence-electron chi connectivity index (χ2n) is 5.01. The van der Waals surface area contributed by atoms with Crippen LogP contribution in [-0.2, 0) is 0 Å². The number of carbonyl (C=O) groups is 1. The average Bonchev–Trinajstić information content (AvgIpc) is 2.47. The van der Waals surface area contributed by atoms with Crippen LogP contribution in [0.5, 0.6) is 0 Å². The molecule has 20 heavy (non-hydrogen) atoms. The zero-order valence-electron chi connectivity index (χ0n) is 11.8. The summed E-state index contributed by atoms with van der Waals surface area (Å²) in [6.45, 7) is 3.90. The van der Waals surface area contributed by atoms with Crippen molar-refractivity contribution in [2.45, 2.75) is 26.2 Å². The summed E-state index contributed by atoms with van der Waals surface area (Å²) in [5.74, 6) is -0.361. The molecular formula is C18H17NO. The van der Waals surface area contributed by atoms with Gasteiger partial charge < -0.3 is 0 Å². The molecule has 2 nitrogen and oxygen atoms in total. The Bertz CT molecular complexity index is 653. The third kappa shape index (κ3) is 2.95. The number of ketones is 1. The van der Waals surface area contributed by atoms with Crippen LogP contribution in [0.3, 0.4) is 0 Å². The van der Waals surface area contributed by atoms with Crippen molar-refractivity contribution in [2.75, 3.05) is 0 Å². The maximum Gasteiger partial charge on any atom is 0.171 e. The molecule has 0 aliphatic rings. The minimum Gasteiger partial charge on any atom is -0.293 e. The number of benzene rings is 2. The SMILES string of the molecule is Cc1ccc(C)c(C(=O)C(CC#N)c2ccccc2)c1. The van der Waals surface area contributed by atoms with E-state index in [0.29, 0.717) is 5.56 Å². The number of rotatable bonds is 4. The van der Waals surface area contributed by atoms with Crippen LogP contribution in [0.15, 0.2) is 48.5 Å². The first-order chi connectivity index (χ1) is 9.63. The Balaban J connectivity index is 2.42. The second-order valence-corrected chi connectivity index (χ2v) is 5.01. The van der Waals surface area contributed by atoms with Crippen molar-refractivity contribution in [1.82, 2.24) is 0 Å². The van der Waals surface area contributed by atoms with Gasteiger partial charge in [-0.15, -0.1) is 0 Å². The Morgan fingerprint density at radius 1 is 1.15 bits per heavy atom. The highest BCUT2D eigenvalue weighted by Gasteiger charge is 2.23. The van der Waals surface area contributed by atoms with Crippen LogP contribution in [0.2, 0.25) is 0 Å². The molecule has 0 radical (unpaired) electrons. The molecule has 0 spiro atoms. The lowest BCUT2D eigenvalue weighted by atomic mass is 9.86. The van der Waals surface area contributed by atoms with E-state index in [1.807, 2.05) is 62.4 Å². The van der Waals surface area contributed by atoms with Crippen LogP contribution in [0.25, 0.3) is 0 Å². The van der Waals surface area contributed by atoms with Gasteiger partial charge in [-0.25, -0.2) is 0 Å². The van der Waals surface area contributed by atoms with E-state index in [9.17, 15) is 4.79 Å². The van der Waals surface area contributed by atoms with E-state index in [2.05, 4.69) is 6.07 Å². The maximum absolute atomic E-state index is 12.8. The standard InChI is InChI=1S/C18H17NO/c1-13-8-9-14(2)17(12-13)18(20)16(10-11-19)15-6-4-3-5-7-15/h3-9,12,16H,10H2,1-2H3. The first-order valence-electron chi connectivity index (χ1n) is 6.67. The van der Waals surface area contributed by atoms with Crippen LogP contribution < -0.4 is 0 Å². The third-order valence-corrected chi connectivity index (χ3v) is 3.47. The van der Waals surface area contributed by atoms with Gasteiger partial charge in [0.2, 0.25) is 0 Å². The highest BCUT2D eigenvalue weighted by atomic mass is 16.1. The van der Waals surface area contributed by atoms with Crippen LogP contribution in [0.4, 0.5) is 0 Å². The van der Waals surface area contributed by atoms with Crippen LogP contribution in [0, 0.1) is 25.2 Å². The summed E-state index contributed by atoms with van der Waals surface area (Å²) in [6.07, 6.45) is 0.205. The van der Waals surface area contributed by atoms with E-state index in [4.69, 9.17) is 5.26 Å². The van der Waals surface area contributed by atoms with Gasteiger partial charge in [0.15, 0.2) is 5.78 Å². The highest BCUT2D eigenvalue weighted by Crippen LogP contribution is 2.26. The number of carbonyl (C=O) groups excluding carboxylic acids is 1. The molecule has 0 N–H and O–H groups in total. The molecule has 0 aromatic heterocycles. The lowest BCUT2D eigenvalue weighted by molar-refractivity contribution is 0.0960. The smallest absolute Gasteiger partial charge is 0.171 e. The number of nitrogens with zero attached hydrogens (tertiary/aromatic N) is 1. The predicted molar refractivity (Wildman–Crippen MR) is 79.7 cm³/mol. The van der Waals surface area contributed by atoms with Crippen molar-refractivity contribution in [1.29, 1.82) is 5.26 Å². The molecule has 0 amide bonds. The summed E-state index contributed by atoms with van der Waals surface area (Å²) in [7, 11) is 0. The largest absolute Gasteiger partial charge is 0.293 e. The monoisotopic (exact) mass is 263 g/mol. The fourth-order valence-corrected chi connectivity index (χ4v) is 2.33. The summed E-state index contributed by atoms with van der Waals surface area (Å²) >= 11 is 0. The number of nitriles is 1. The van der Waals surface area contributed by atoms with Crippen molar-refractivity contribution < 1.29 is 4.79 Å². The Morgan fingerprint density at radius 3 is 2.50 bits per heavy atom. The molecule has 2 aromatic carbocycles. The Kier molecular flexibility index (Phi) is 4.32. The van der Waals surface area contributed by atoms with Gasteiger partial charge in [0, 0.05) is 12.0 Å². The Labute approximate surface area is 119 Å². The van der Waals surface area contributed by atoms with E-state index in [1.54, 1.807) is 0 Å². The molecule has 0 bridgehead atoms.